The second-order valence-corrected chi connectivity index (χ2v) is 4.46. The summed E-state index contributed by atoms with van der Waals surface area (Å²) in [6.45, 7) is 11.6. The van der Waals surface area contributed by atoms with Crippen molar-refractivity contribution in [2.24, 2.45) is 0 Å². The van der Waals surface area contributed by atoms with Crippen molar-refractivity contribution in [3.63, 3.8) is 0 Å². The molecule has 96 valence electrons. The molecule has 1 heterocycles. The summed E-state index contributed by atoms with van der Waals surface area (Å²) >= 11 is 0. The molecule has 0 aromatic carbocycles. The minimum Gasteiger partial charge on any atom is -0.317 e. The van der Waals surface area contributed by atoms with Crippen LogP contribution < -0.4 is 5.32 Å². The summed E-state index contributed by atoms with van der Waals surface area (Å²) in [6.07, 6.45) is 4.45. The van der Waals surface area contributed by atoms with E-state index < -0.39 is 0 Å². The summed E-state index contributed by atoms with van der Waals surface area (Å²) in [5, 5.41) is 7.80. The van der Waals surface area contributed by atoms with Crippen LogP contribution in [-0.4, -0.2) is 22.9 Å². The molecule has 0 amide bonds. The number of rotatable bonds is 7. The monoisotopic (exact) mass is 235 g/mol. The maximum atomic E-state index is 4.47. The molecule has 0 unspecified atom stereocenters. The average Bonchev–Trinajstić information content (AvgIpc) is 2.65. The molecular weight excluding hydrogens is 210 g/mol. The van der Waals surface area contributed by atoms with Crippen molar-refractivity contribution in [2.75, 3.05) is 13.1 Å². The van der Waals surface area contributed by atoms with Gasteiger partial charge in [0.25, 0.3) is 0 Å². The Balaban J connectivity index is 2.51. The summed E-state index contributed by atoms with van der Waals surface area (Å²) in [7, 11) is 0. The Hall–Kier alpha value is -1.09. The van der Waals surface area contributed by atoms with Gasteiger partial charge in [-0.05, 0) is 46.3 Å². The summed E-state index contributed by atoms with van der Waals surface area (Å²) in [5.41, 5.74) is 3.86. The molecule has 1 aromatic rings. The zero-order chi connectivity index (χ0) is 12.7. The van der Waals surface area contributed by atoms with E-state index in [1.54, 1.807) is 0 Å². The molecule has 0 fully saturated rings. The van der Waals surface area contributed by atoms with Crippen LogP contribution in [0.5, 0.6) is 0 Å². The summed E-state index contributed by atoms with van der Waals surface area (Å²) in [5.74, 6) is 0. The molecule has 0 spiro atoms. The van der Waals surface area contributed by atoms with E-state index in [1.165, 1.54) is 11.3 Å². The van der Waals surface area contributed by atoms with Gasteiger partial charge in [-0.3, -0.25) is 4.68 Å². The predicted octanol–water partition coefficient (Wildman–Crippen LogP) is 2.70. The second-order valence-electron chi connectivity index (χ2n) is 4.46. The molecule has 17 heavy (non-hydrogen) atoms. The van der Waals surface area contributed by atoms with Gasteiger partial charge in [0, 0.05) is 18.7 Å². The first-order chi connectivity index (χ1) is 8.17. The van der Waals surface area contributed by atoms with Crippen LogP contribution in [0.25, 0.3) is 0 Å². The van der Waals surface area contributed by atoms with E-state index in [9.17, 15) is 0 Å². The Bertz CT molecular complexity index is 364. The molecule has 1 rings (SSSR count). The standard InChI is InChI=1S/C14H25N3/c1-5-15-9-7-8-12(3)10-14-11-13(4)16-17(14)6-2/h8,11,15H,5-7,9-10H2,1-4H3. The highest BCUT2D eigenvalue weighted by Crippen LogP contribution is 2.10. The van der Waals surface area contributed by atoms with Gasteiger partial charge in [-0.25, -0.2) is 0 Å². The zero-order valence-electron chi connectivity index (χ0n) is 11.6. The SMILES string of the molecule is CCNCCC=C(C)Cc1cc(C)nn1CC. The predicted molar refractivity (Wildman–Crippen MR) is 73.3 cm³/mol. The molecule has 0 saturated carbocycles. The average molecular weight is 235 g/mol. The fourth-order valence-electron chi connectivity index (χ4n) is 1.97. The Morgan fingerprint density at radius 2 is 2.24 bits per heavy atom. The molecule has 3 heteroatoms. The van der Waals surface area contributed by atoms with E-state index in [0.717, 1.165) is 38.2 Å². The summed E-state index contributed by atoms with van der Waals surface area (Å²) in [6, 6.07) is 2.19. The third kappa shape index (κ3) is 4.73. The highest BCUT2D eigenvalue weighted by molar-refractivity contribution is 5.16. The van der Waals surface area contributed by atoms with Gasteiger partial charge in [-0.2, -0.15) is 5.10 Å². The number of allylic oxidation sites excluding steroid dienone is 1. The van der Waals surface area contributed by atoms with Gasteiger partial charge in [-0.15, -0.1) is 0 Å². The summed E-state index contributed by atoms with van der Waals surface area (Å²) < 4.78 is 2.09. The Morgan fingerprint density at radius 1 is 1.47 bits per heavy atom. The molecule has 3 nitrogen and oxygen atoms in total. The number of aromatic nitrogens is 2. The summed E-state index contributed by atoms with van der Waals surface area (Å²) in [4.78, 5) is 0. The number of aryl methyl sites for hydroxylation is 2. The number of nitrogens with zero attached hydrogens (tertiary/aromatic N) is 2. The van der Waals surface area contributed by atoms with E-state index in [2.05, 4.69) is 54.9 Å². The van der Waals surface area contributed by atoms with Gasteiger partial charge in [0.05, 0.1) is 5.69 Å². The first-order valence-corrected chi connectivity index (χ1v) is 6.57. The van der Waals surface area contributed by atoms with Crippen LogP contribution >= 0.6 is 0 Å². The topological polar surface area (TPSA) is 29.9 Å². The lowest BCUT2D eigenvalue weighted by atomic mass is 10.1. The van der Waals surface area contributed by atoms with Crippen LogP contribution in [0.3, 0.4) is 0 Å². The van der Waals surface area contributed by atoms with Gasteiger partial charge in [-0.1, -0.05) is 18.6 Å². The first-order valence-electron chi connectivity index (χ1n) is 6.57. The molecule has 0 aliphatic rings. The van der Waals surface area contributed by atoms with E-state index in [-0.39, 0.29) is 0 Å². The van der Waals surface area contributed by atoms with E-state index in [4.69, 9.17) is 0 Å². The molecular formula is C14H25N3. The van der Waals surface area contributed by atoms with E-state index in [1.807, 2.05) is 0 Å². The largest absolute Gasteiger partial charge is 0.317 e. The van der Waals surface area contributed by atoms with Gasteiger partial charge < -0.3 is 5.32 Å². The third-order valence-electron chi connectivity index (χ3n) is 2.81. The van der Waals surface area contributed by atoms with Gasteiger partial charge >= 0.3 is 0 Å². The van der Waals surface area contributed by atoms with Crippen LogP contribution in [0.15, 0.2) is 17.7 Å². The van der Waals surface area contributed by atoms with Crippen molar-refractivity contribution >= 4 is 0 Å². The Labute approximate surface area is 105 Å². The molecule has 0 aliphatic heterocycles. The van der Waals surface area contributed by atoms with E-state index in [0.29, 0.717) is 0 Å². The van der Waals surface area contributed by atoms with Gasteiger partial charge in [0.15, 0.2) is 0 Å². The lowest BCUT2D eigenvalue weighted by Gasteiger charge is -2.05. The number of hydrogen-bond donors (Lipinski definition) is 1. The van der Waals surface area contributed by atoms with Crippen LogP contribution in [0.1, 0.15) is 38.6 Å². The molecule has 1 N–H and O–H groups in total. The van der Waals surface area contributed by atoms with Crippen molar-refractivity contribution in [1.82, 2.24) is 15.1 Å². The number of nitrogens with one attached hydrogen (secondary N) is 1. The van der Waals surface area contributed by atoms with Crippen LogP contribution in [0.4, 0.5) is 0 Å². The zero-order valence-corrected chi connectivity index (χ0v) is 11.6. The normalized spacial score (nSPS) is 12.1. The molecule has 0 atom stereocenters. The van der Waals surface area contributed by atoms with Crippen molar-refractivity contribution in [3.05, 3.63) is 29.1 Å². The molecule has 0 bridgehead atoms. The van der Waals surface area contributed by atoms with Crippen molar-refractivity contribution in [2.45, 2.75) is 47.1 Å². The fraction of sp³-hybridized carbons (Fsp3) is 0.643. The van der Waals surface area contributed by atoms with Crippen molar-refractivity contribution in [1.29, 1.82) is 0 Å². The highest BCUT2D eigenvalue weighted by Gasteiger charge is 2.04. The van der Waals surface area contributed by atoms with Gasteiger partial charge in [0.2, 0.25) is 0 Å². The van der Waals surface area contributed by atoms with Crippen LogP contribution in [0, 0.1) is 6.92 Å². The lowest BCUT2D eigenvalue weighted by Crippen LogP contribution is -2.13. The lowest BCUT2D eigenvalue weighted by molar-refractivity contribution is 0.623. The quantitative estimate of drug-likeness (QED) is 0.582. The molecule has 0 saturated heterocycles. The van der Waals surface area contributed by atoms with Crippen molar-refractivity contribution in [3.8, 4) is 0 Å². The molecule has 0 radical (unpaired) electrons. The smallest absolute Gasteiger partial charge is 0.0596 e. The fourth-order valence-corrected chi connectivity index (χ4v) is 1.97. The molecule has 1 aromatic heterocycles. The number of hydrogen-bond acceptors (Lipinski definition) is 2. The first kappa shape index (κ1) is 14.0. The molecule has 0 aliphatic carbocycles. The highest BCUT2D eigenvalue weighted by atomic mass is 15.3. The van der Waals surface area contributed by atoms with Crippen LogP contribution in [-0.2, 0) is 13.0 Å². The Kier molecular flexibility index (Phi) is 5.98. The van der Waals surface area contributed by atoms with Crippen molar-refractivity contribution < 1.29 is 0 Å². The van der Waals surface area contributed by atoms with E-state index >= 15 is 0 Å². The maximum absolute atomic E-state index is 4.47. The van der Waals surface area contributed by atoms with Gasteiger partial charge in [0.1, 0.15) is 0 Å². The maximum Gasteiger partial charge on any atom is 0.0596 e. The second kappa shape index (κ2) is 7.28. The minimum absolute atomic E-state index is 0.952. The Morgan fingerprint density at radius 3 is 2.88 bits per heavy atom. The third-order valence-corrected chi connectivity index (χ3v) is 2.81. The minimum atomic E-state index is 0.952. The van der Waals surface area contributed by atoms with Crippen LogP contribution in [0.2, 0.25) is 0 Å².